The Kier molecular flexibility index (Phi) is 6.61. The van der Waals surface area contributed by atoms with Gasteiger partial charge in [0.25, 0.3) is 11.1 Å². The molecule has 0 atom stereocenters. The van der Waals surface area contributed by atoms with Gasteiger partial charge in [-0.2, -0.15) is 0 Å². The SMILES string of the molecule is COc1ccc2[nH]c(CCNC(=O)CCN3C(=O)S/C(=C\c4ccccc4)C3=O)cc2c1. The number of ether oxygens (including phenoxy) is 1. The van der Waals surface area contributed by atoms with Gasteiger partial charge in [-0.1, -0.05) is 30.3 Å². The van der Waals surface area contributed by atoms with Crippen molar-refractivity contribution in [2.24, 2.45) is 0 Å². The van der Waals surface area contributed by atoms with Crippen molar-refractivity contribution in [3.8, 4) is 5.75 Å². The van der Waals surface area contributed by atoms with Gasteiger partial charge >= 0.3 is 0 Å². The zero-order valence-corrected chi connectivity index (χ0v) is 18.4. The molecule has 2 aromatic carbocycles. The molecule has 0 bridgehead atoms. The van der Waals surface area contributed by atoms with Gasteiger partial charge in [0.15, 0.2) is 0 Å². The van der Waals surface area contributed by atoms with Crippen molar-refractivity contribution in [1.82, 2.24) is 15.2 Å². The summed E-state index contributed by atoms with van der Waals surface area (Å²) in [6.45, 7) is 0.521. The van der Waals surface area contributed by atoms with Gasteiger partial charge in [0.05, 0.1) is 12.0 Å². The van der Waals surface area contributed by atoms with Crippen molar-refractivity contribution < 1.29 is 19.1 Å². The van der Waals surface area contributed by atoms with E-state index in [2.05, 4.69) is 10.3 Å². The molecule has 0 aliphatic carbocycles. The molecule has 3 aromatic rings. The molecule has 0 radical (unpaired) electrons. The van der Waals surface area contributed by atoms with Crippen LogP contribution < -0.4 is 10.1 Å². The Morgan fingerprint density at radius 3 is 2.75 bits per heavy atom. The van der Waals surface area contributed by atoms with Crippen molar-refractivity contribution in [1.29, 1.82) is 0 Å². The highest BCUT2D eigenvalue weighted by Gasteiger charge is 2.34. The number of fused-ring (bicyclic) bond motifs is 1. The van der Waals surface area contributed by atoms with Gasteiger partial charge in [0.1, 0.15) is 5.75 Å². The number of H-pyrrole nitrogens is 1. The molecule has 0 unspecified atom stereocenters. The predicted octanol–water partition coefficient (Wildman–Crippen LogP) is 3.96. The summed E-state index contributed by atoms with van der Waals surface area (Å²) in [6, 6.07) is 17.2. The minimum atomic E-state index is -0.356. The van der Waals surface area contributed by atoms with Crippen molar-refractivity contribution in [2.75, 3.05) is 20.2 Å². The zero-order chi connectivity index (χ0) is 22.5. The first kappa shape index (κ1) is 21.7. The van der Waals surface area contributed by atoms with Crippen LogP contribution >= 0.6 is 11.8 Å². The highest BCUT2D eigenvalue weighted by Crippen LogP contribution is 2.32. The second kappa shape index (κ2) is 9.74. The van der Waals surface area contributed by atoms with Crippen LogP contribution in [0.2, 0.25) is 0 Å². The number of aromatic amines is 1. The van der Waals surface area contributed by atoms with E-state index in [1.54, 1.807) is 13.2 Å². The van der Waals surface area contributed by atoms with Crippen LogP contribution in [-0.2, 0) is 16.0 Å². The number of methoxy groups -OCH3 is 1. The van der Waals surface area contributed by atoms with E-state index in [1.807, 2.05) is 54.6 Å². The lowest BCUT2D eigenvalue weighted by molar-refractivity contribution is -0.124. The molecule has 1 saturated heterocycles. The Morgan fingerprint density at radius 2 is 1.97 bits per heavy atom. The maximum atomic E-state index is 12.5. The second-order valence-corrected chi connectivity index (χ2v) is 8.33. The summed E-state index contributed by atoms with van der Waals surface area (Å²) in [5.74, 6) is 0.237. The number of aromatic nitrogens is 1. The number of nitrogens with zero attached hydrogens (tertiary/aromatic N) is 1. The third-order valence-electron chi connectivity index (χ3n) is 5.13. The first-order chi connectivity index (χ1) is 15.5. The van der Waals surface area contributed by atoms with Crippen molar-refractivity contribution >= 4 is 45.8 Å². The van der Waals surface area contributed by atoms with Gasteiger partial charge in [0, 0.05) is 42.5 Å². The number of amides is 3. The van der Waals surface area contributed by atoms with E-state index >= 15 is 0 Å². The van der Waals surface area contributed by atoms with Gasteiger partial charge in [0.2, 0.25) is 5.91 Å². The van der Waals surface area contributed by atoms with E-state index in [1.165, 1.54) is 0 Å². The smallest absolute Gasteiger partial charge is 0.293 e. The molecular formula is C24H23N3O4S. The van der Waals surface area contributed by atoms with E-state index in [4.69, 9.17) is 4.74 Å². The average Bonchev–Trinajstić information content (AvgIpc) is 3.32. The molecule has 1 aliphatic rings. The Balaban J connectivity index is 1.25. The molecule has 32 heavy (non-hydrogen) atoms. The molecule has 2 N–H and O–H groups in total. The fourth-order valence-electron chi connectivity index (χ4n) is 3.46. The van der Waals surface area contributed by atoms with Crippen LogP contribution in [-0.4, -0.2) is 47.1 Å². The highest BCUT2D eigenvalue weighted by atomic mass is 32.2. The maximum absolute atomic E-state index is 12.5. The number of benzene rings is 2. The summed E-state index contributed by atoms with van der Waals surface area (Å²) >= 11 is 0.902. The zero-order valence-electron chi connectivity index (χ0n) is 17.6. The van der Waals surface area contributed by atoms with Gasteiger partial charge in [-0.05, 0) is 47.7 Å². The first-order valence-corrected chi connectivity index (χ1v) is 11.1. The third kappa shape index (κ3) is 5.03. The normalized spacial score (nSPS) is 15.0. The van der Waals surface area contributed by atoms with Crippen molar-refractivity contribution in [3.05, 3.63) is 70.8 Å². The van der Waals surface area contributed by atoms with Crippen LogP contribution in [0, 0.1) is 0 Å². The molecule has 1 fully saturated rings. The van der Waals surface area contributed by atoms with E-state index in [9.17, 15) is 14.4 Å². The molecule has 164 valence electrons. The summed E-state index contributed by atoms with van der Waals surface area (Å²) < 4.78 is 5.24. The Labute approximate surface area is 189 Å². The third-order valence-corrected chi connectivity index (χ3v) is 6.04. The van der Waals surface area contributed by atoms with Gasteiger partial charge in [-0.15, -0.1) is 0 Å². The Morgan fingerprint density at radius 1 is 1.16 bits per heavy atom. The Hall–Kier alpha value is -3.52. The molecule has 1 aliphatic heterocycles. The monoisotopic (exact) mass is 449 g/mol. The molecular weight excluding hydrogens is 426 g/mol. The lowest BCUT2D eigenvalue weighted by Crippen LogP contribution is -2.34. The van der Waals surface area contributed by atoms with E-state index < -0.39 is 0 Å². The summed E-state index contributed by atoms with van der Waals surface area (Å²) in [7, 11) is 1.63. The number of hydrogen-bond acceptors (Lipinski definition) is 5. The van der Waals surface area contributed by atoms with Crippen LogP contribution in [0.3, 0.4) is 0 Å². The van der Waals surface area contributed by atoms with E-state index in [0.717, 1.165) is 44.6 Å². The fraction of sp³-hybridized carbons (Fsp3) is 0.208. The lowest BCUT2D eigenvalue weighted by atomic mass is 10.2. The quantitative estimate of drug-likeness (QED) is 0.508. The standard InChI is InChI=1S/C24H23N3O4S/c1-31-19-7-8-20-17(15-19)14-18(26-20)9-11-25-22(28)10-12-27-23(29)21(32-24(27)30)13-16-5-3-2-4-6-16/h2-8,13-15,26H,9-12H2,1H3,(H,25,28)/b21-13-. The molecule has 7 nitrogen and oxygen atoms in total. The number of carbonyl (C=O) groups is 3. The van der Waals surface area contributed by atoms with Crippen molar-refractivity contribution in [3.63, 3.8) is 0 Å². The summed E-state index contributed by atoms with van der Waals surface area (Å²) in [5.41, 5.74) is 2.87. The molecule has 2 heterocycles. The number of hydrogen-bond donors (Lipinski definition) is 2. The van der Waals surface area contributed by atoms with E-state index in [-0.39, 0.29) is 30.0 Å². The van der Waals surface area contributed by atoms with Gasteiger partial charge in [-0.25, -0.2) is 0 Å². The predicted molar refractivity (Wildman–Crippen MR) is 125 cm³/mol. The number of carbonyl (C=O) groups excluding carboxylic acids is 3. The summed E-state index contributed by atoms with van der Waals surface area (Å²) in [4.78, 5) is 41.8. The van der Waals surface area contributed by atoms with Crippen LogP contribution in [0.5, 0.6) is 5.75 Å². The highest BCUT2D eigenvalue weighted by molar-refractivity contribution is 8.18. The first-order valence-electron chi connectivity index (χ1n) is 10.3. The minimum absolute atomic E-state index is 0.0643. The largest absolute Gasteiger partial charge is 0.497 e. The minimum Gasteiger partial charge on any atom is -0.497 e. The second-order valence-electron chi connectivity index (χ2n) is 7.34. The molecule has 4 rings (SSSR count). The number of nitrogens with one attached hydrogen (secondary N) is 2. The molecule has 1 aromatic heterocycles. The van der Waals surface area contributed by atoms with Gasteiger partial charge < -0.3 is 15.0 Å². The summed E-state index contributed by atoms with van der Waals surface area (Å²) in [6.07, 6.45) is 2.41. The number of rotatable bonds is 8. The van der Waals surface area contributed by atoms with Crippen molar-refractivity contribution in [2.45, 2.75) is 12.8 Å². The molecule has 0 spiro atoms. The molecule has 3 amide bonds. The van der Waals surface area contributed by atoms with Crippen LogP contribution in [0.25, 0.3) is 17.0 Å². The lowest BCUT2D eigenvalue weighted by Gasteiger charge is -2.12. The topological polar surface area (TPSA) is 91.5 Å². The number of imide groups is 1. The van der Waals surface area contributed by atoms with Crippen LogP contribution in [0.4, 0.5) is 4.79 Å². The number of thioether (sulfide) groups is 1. The fourth-order valence-corrected chi connectivity index (χ4v) is 4.33. The summed E-state index contributed by atoms with van der Waals surface area (Å²) in [5, 5.41) is 3.55. The van der Waals surface area contributed by atoms with E-state index in [0.29, 0.717) is 17.9 Å². The Bertz CT molecular complexity index is 1190. The average molecular weight is 450 g/mol. The van der Waals surface area contributed by atoms with Crippen LogP contribution in [0.15, 0.2) is 59.5 Å². The molecule has 0 saturated carbocycles. The molecule has 8 heteroatoms. The van der Waals surface area contributed by atoms with Gasteiger partial charge in [-0.3, -0.25) is 19.3 Å². The van der Waals surface area contributed by atoms with Crippen LogP contribution in [0.1, 0.15) is 17.7 Å². The maximum Gasteiger partial charge on any atom is 0.293 e.